The number of nitrogens with zero attached hydrogens (tertiary/aromatic N) is 2. The summed E-state index contributed by atoms with van der Waals surface area (Å²) in [4.78, 5) is 16.9. The lowest BCUT2D eigenvalue weighted by molar-refractivity contribution is -0.0384. The van der Waals surface area contributed by atoms with E-state index in [-0.39, 0.29) is 54.2 Å². The summed E-state index contributed by atoms with van der Waals surface area (Å²) in [6, 6.07) is 5.75. The number of amides is 1. The molecule has 0 bridgehead atoms. The van der Waals surface area contributed by atoms with Crippen LogP contribution in [0.1, 0.15) is 47.8 Å². The fourth-order valence-corrected chi connectivity index (χ4v) is 3.67. The maximum atomic E-state index is 14.5. The second-order valence-corrected chi connectivity index (χ2v) is 7.20. The third-order valence-electron chi connectivity index (χ3n) is 5.20. The molecule has 0 aliphatic heterocycles. The third kappa shape index (κ3) is 4.05. The van der Waals surface area contributed by atoms with Crippen molar-refractivity contribution in [2.45, 2.75) is 37.5 Å². The average Bonchev–Trinajstić information content (AvgIpc) is 3.25. The summed E-state index contributed by atoms with van der Waals surface area (Å²) in [6.07, 6.45) is 2.36. The van der Waals surface area contributed by atoms with Crippen LogP contribution < -0.4 is 5.32 Å². The van der Waals surface area contributed by atoms with Crippen LogP contribution in [0.25, 0.3) is 11.1 Å². The molecule has 1 amide bonds. The predicted molar refractivity (Wildman–Crippen MR) is 100 cm³/mol. The Kier molecular flexibility index (Phi) is 5.27. The van der Waals surface area contributed by atoms with Gasteiger partial charge in [-0.3, -0.25) is 9.78 Å². The monoisotopic (exact) mass is 419 g/mol. The van der Waals surface area contributed by atoms with Gasteiger partial charge in [0.05, 0.1) is 17.6 Å². The molecule has 0 saturated heterocycles. The minimum atomic E-state index is -2.74. The van der Waals surface area contributed by atoms with Gasteiger partial charge < -0.3 is 9.84 Å². The molecule has 4 rings (SSSR count). The Labute approximate surface area is 169 Å². The number of aromatic nitrogens is 2. The lowest BCUT2D eigenvalue weighted by Crippen LogP contribution is -2.25. The minimum absolute atomic E-state index is 0.0762. The van der Waals surface area contributed by atoms with Crippen LogP contribution in [0.4, 0.5) is 23.2 Å². The molecule has 1 aliphatic rings. The van der Waals surface area contributed by atoms with E-state index >= 15 is 0 Å². The highest BCUT2D eigenvalue weighted by Crippen LogP contribution is 2.44. The van der Waals surface area contributed by atoms with Crippen molar-refractivity contribution in [2.75, 3.05) is 5.32 Å². The van der Waals surface area contributed by atoms with E-state index in [9.17, 15) is 22.4 Å². The van der Waals surface area contributed by atoms with Gasteiger partial charge in [0.2, 0.25) is 11.7 Å². The highest BCUT2D eigenvalue weighted by Gasteiger charge is 2.37. The highest BCUT2D eigenvalue weighted by molar-refractivity contribution is 6.05. The lowest BCUT2D eigenvalue weighted by Gasteiger charge is -2.29. The molecule has 1 saturated carbocycles. The molecule has 156 valence electrons. The summed E-state index contributed by atoms with van der Waals surface area (Å²) in [7, 11) is 0. The van der Waals surface area contributed by atoms with Crippen molar-refractivity contribution < 1.29 is 26.9 Å². The van der Waals surface area contributed by atoms with E-state index in [0.29, 0.717) is 5.69 Å². The first-order chi connectivity index (χ1) is 14.3. The quantitative estimate of drug-likeness (QED) is 0.562. The molecule has 0 atom stereocenters. The van der Waals surface area contributed by atoms with Crippen LogP contribution in [0, 0.1) is 11.6 Å². The maximum Gasteiger partial charge on any atom is 0.294 e. The van der Waals surface area contributed by atoms with E-state index in [1.54, 1.807) is 0 Å². The summed E-state index contributed by atoms with van der Waals surface area (Å²) in [5.41, 5.74) is 0.605. The van der Waals surface area contributed by atoms with Gasteiger partial charge in [-0.25, -0.2) is 17.6 Å². The Hall–Kier alpha value is -3.23. The lowest BCUT2D eigenvalue weighted by atomic mass is 9.83. The van der Waals surface area contributed by atoms with E-state index in [1.165, 1.54) is 24.5 Å². The molecule has 30 heavy (non-hydrogen) atoms. The van der Waals surface area contributed by atoms with Crippen molar-refractivity contribution in [1.82, 2.24) is 10.1 Å². The number of anilines is 1. The summed E-state index contributed by atoms with van der Waals surface area (Å²) in [5.74, 6) is -5.22. The molecule has 0 unspecified atom stereocenters. The Morgan fingerprint density at radius 2 is 1.83 bits per heavy atom. The van der Waals surface area contributed by atoms with E-state index in [0.717, 1.165) is 18.2 Å². The maximum absolute atomic E-state index is 14.5. The van der Waals surface area contributed by atoms with Crippen LogP contribution in [0.5, 0.6) is 0 Å². The van der Waals surface area contributed by atoms with Crippen LogP contribution in [-0.2, 0) is 0 Å². The minimum Gasteiger partial charge on any atom is -0.351 e. The number of carbonyl (C=O) groups excluding carboxylic acids is 1. The number of pyridine rings is 1. The Morgan fingerprint density at radius 1 is 1.07 bits per heavy atom. The van der Waals surface area contributed by atoms with Gasteiger partial charge in [0.15, 0.2) is 0 Å². The second-order valence-electron chi connectivity index (χ2n) is 7.20. The van der Waals surface area contributed by atoms with Gasteiger partial charge in [-0.2, -0.15) is 0 Å². The first-order valence-electron chi connectivity index (χ1n) is 9.38. The largest absolute Gasteiger partial charge is 0.351 e. The van der Waals surface area contributed by atoms with E-state index in [4.69, 9.17) is 4.52 Å². The predicted octanol–water partition coefficient (Wildman–Crippen LogP) is 5.56. The van der Waals surface area contributed by atoms with Gasteiger partial charge in [-0.05, 0) is 37.1 Å². The second kappa shape index (κ2) is 7.89. The van der Waals surface area contributed by atoms with Crippen molar-refractivity contribution in [2.24, 2.45) is 0 Å². The van der Waals surface area contributed by atoms with Crippen LogP contribution in [0.2, 0.25) is 0 Å². The molecular formula is C21H17F4N3O2. The number of benzene rings is 1. The fourth-order valence-electron chi connectivity index (χ4n) is 3.67. The molecule has 2 heterocycles. The SMILES string of the molecule is O=C(Nc1c(-c2cc(F)ccc2F)ccnc1C1CCC(F)(F)CC1)c1ccno1. The highest BCUT2D eigenvalue weighted by atomic mass is 19.3. The first-order valence-corrected chi connectivity index (χ1v) is 9.38. The molecule has 3 aromatic rings. The number of rotatable bonds is 4. The van der Waals surface area contributed by atoms with Crippen molar-refractivity contribution >= 4 is 11.6 Å². The molecule has 1 fully saturated rings. The number of alkyl halides is 2. The number of hydrogen-bond donors (Lipinski definition) is 1. The standard InChI is InChI=1S/C21H17F4N3O2/c22-13-1-2-16(23)15(11-13)14-5-9-26-18(12-3-7-21(24,25)8-4-12)19(14)28-20(29)17-6-10-27-30-17/h1-2,5-6,9-12H,3-4,7-8H2,(H,28,29). The third-order valence-corrected chi connectivity index (χ3v) is 5.20. The van der Waals surface area contributed by atoms with E-state index in [1.807, 2.05) is 0 Å². The topological polar surface area (TPSA) is 68.0 Å². The average molecular weight is 419 g/mol. The summed E-state index contributed by atoms with van der Waals surface area (Å²) < 4.78 is 60.4. The van der Waals surface area contributed by atoms with Gasteiger partial charge in [-0.1, -0.05) is 5.16 Å². The van der Waals surface area contributed by atoms with Crippen LogP contribution >= 0.6 is 0 Å². The van der Waals surface area contributed by atoms with Crippen molar-refractivity contribution in [3.8, 4) is 11.1 Å². The van der Waals surface area contributed by atoms with E-state index < -0.39 is 23.5 Å². The normalized spacial score (nSPS) is 16.4. The first kappa shape index (κ1) is 20.1. The van der Waals surface area contributed by atoms with Crippen molar-refractivity contribution in [3.63, 3.8) is 0 Å². The molecule has 0 spiro atoms. The zero-order chi connectivity index (χ0) is 21.3. The molecule has 2 aromatic heterocycles. The molecule has 1 N–H and O–H groups in total. The summed E-state index contributed by atoms with van der Waals surface area (Å²) >= 11 is 0. The van der Waals surface area contributed by atoms with Gasteiger partial charge in [-0.15, -0.1) is 0 Å². The molecule has 1 aliphatic carbocycles. The summed E-state index contributed by atoms with van der Waals surface area (Å²) in [6.45, 7) is 0. The molecule has 1 aromatic carbocycles. The Morgan fingerprint density at radius 3 is 2.53 bits per heavy atom. The molecule has 0 radical (unpaired) electrons. The summed E-state index contributed by atoms with van der Waals surface area (Å²) in [5, 5.41) is 6.11. The molecule has 9 heteroatoms. The van der Waals surface area contributed by atoms with E-state index in [2.05, 4.69) is 15.5 Å². The smallest absolute Gasteiger partial charge is 0.294 e. The van der Waals surface area contributed by atoms with Gasteiger partial charge >= 0.3 is 0 Å². The fraction of sp³-hybridized carbons (Fsp3) is 0.286. The number of hydrogen-bond acceptors (Lipinski definition) is 4. The zero-order valence-electron chi connectivity index (χ0n) is 15.7. The van der Waals surface area contributed by atoms with Gasteiger partial charge in [0, 0.05) is 42.1 Å². The van der Waals surface area contributed by atoms with Gasteiger partial charge in [0.1, 0.15) is 11.6 Å². The van der Waals surface area contributed by atoms with Crippen molar-refractivity contribution in [1.29, 1.82) is 0 Å². The molecular weight excluding hydrogens is 402 g/mol. The molecule has 5 nitrogen and oxygen atoms in total. The zero-order valence-corrected chi connectivity index (χ0v) is 15.7. The van der Waals surface area contributed by atoms with Crippen molar-refractivity contribution in [3.05, 3.63) is 65.8 Å². The van der Waals surface area contributed by atoms with Gasteiger partial charge in [0.25, 0.3) is 5.91 Å². The Bertz CT molecular complexity index is 1060. The Balaban J connectivity index is 1.80. The van der Waals surface area contributed by atoms with Crippen LogP contribution in [0.3, 0.4) is 0 Å². The number of nitrogens with one attached hydrogen (secondary N) is 1. The number of halogens is 4. The number of carbonyl (C=O) groups is 1. The van der Waals surface area contributed by atoms with Crippen LogP contribution in [0.15, 0.2) is 47.2 Å². The van der Waals surface area contributed by atoms with Crippen LogP contribution in [-0.4, -0.2) is 22.0 Å².